The van der Waals surface area contributed by atoms with Crippen LogP contribution in [-0.4, -0.2) is 18.1 Å². The van der Waals surface area contributed by atoms with Gasteiger partial charge in [-0.05, 0) is 30.5 Å². The molecule has 0 unspecified atom stereocenters. The summed E-state index contributed by atoms with van der Waals surface area (Å²) in [5.74, 6) is -0.353. The van der Waals surface area contributed by atoms with Crippen molar-refractivity contribution in [2.75, 3.05) is 7.11 Å². The van der Waals surface area contributed by atoms with Crippen LogP contribution < -0.4 is 5.32 Å². The van der Waals surface area contributed by atoms with E-state index in [2.05, 4.69) is 23.3 Å². The number of carbonyl (C=O) groups is 1. The second kappa shape index (κ2) is 6.45. The quantitative estimate of drug-likeness (QED) is 0.853. The number of ether oxygens (including phenoxy) is 1. The van der Waals surface area contributed by atoms with Gasteiger partial charge in [0.05, 0.1) is 18.4 Å². The van der Waals surface area contributed by atoms with Crippen LogP contribution in [0.3, 0.4) is 0 Å². The summed E-state index contributed by atoms with van der Waals surface area (Å²) < 4.78 is 4.75. The molecule has 0 aliphatic carbocycles. The predicted octanol–water partition coefficient (Wildman–Crippen LogP) is 2.78. The molecule has 0 fully saturated rings. The summed E-state index contributed by atoms with van der Waals surface area (Å²) in [7, 11) is 1.38. The van der Waals surface area contributed by atoms with E-state index >= 15 is 0 Å². The van der Waals surface area contributed by atoms with E-state index in [4.69, 9.17) is 4.74 Å². The predicted molar refractivity (Wildman–Crippen MR) is 75.2 cm³/mol. The third-order valence-corrected chi connectivity index (χ3v) is 3.90. The Labute approximate surface area is 116 Å². The van der Waals surface area contributed by atoms with E-state index in [1.54, 1.807) is 29.7 Å². The Bertz CT molecular complexity index is 540. The lowest BCUT2D eigenvalue weighted by molar-refractivity contribution is 0.0598. The number of esters is 1. The van der Waals surface area contributed by atoms with Gasteiger partial charge in [-0.15, -0.1) is 11.3 Å². The van der Waals surface area contributed by atoms with Crippen LogP contribution in [0.5, 0.6) is 0 Å². The molecule has 5 heteroatoms. The van der Waals surface area contributed by atoms with Crippen molar-refractivity contribution in [1.82, 2.24) is 10.3 Å². The molecule has 0 aliphatic rings. The summed E-state index contributed by atoms with van der Waals surface area (Å²) in [6.45, 7) is 2.62. The van der Waals surface area contributed by atoms with Gasteiger partial charge >= 0.3 is 5.97 Å². The number of hydrogen-bond donors (Lipinski definition) is 1. The molecule has 2 aromatic heterocycles. The first-order chi connectivity index (χ1) is 9.22. The van der Waals surface area contributed by atoms with Gasteiger partial charge in [-0.2, -0.15) is 0 Å². The number of pyridine rings is 1. The number of aromatic nitrogens is 1. The van der Waals surface area contributed by atoms with E-state index in [0.29, 0.717) is 17.8 Å². The van der Waals surface area contributed by atoms with Crippen molar-refractivity contribution >= 4 is 17.3 Å². The van der Waals surface area contributed by atoms with E-state index in [-0.39, 0.29) is 12.0 Å². The maximum absolute atomic E-state index is 11.6. The van der Waals surface area contributed by atoms with Gasteiger partial charge in [0.1, 0.15) is 0 Å². The van der Waals surface area contributed by atoms with Crippen LogP contribution >= 0.6 is 11.3 Å². The third kappa shape index (κ3) is 3.39. The topological polar surface area (TPSA) is 51.2 Å². The van der Waals surface area contributed by atoms with Crippen molar-refractivity contribution in [2.24, 2.45) is 0 Å². The molecular formula is C14H16N2O2S. The molecule has 19 heavy (non-hydrogen) atoms. The van der Waals surface area contributed by atoms with Crippen LogP contribution in [0, 0.1) is 0 Å². The molecule has 1 atom stereocenters. The van der Waals surface area contributed by atoms with Gasteiger partial charge in [-0.3, -0.25) is 4.98 Å². The zero-order valence-electron chi connectivity index (χ0n) is 10.9. The van der Waals surface area contributed by atoms with Crippen LogP contribution in [0.4, 0.5) is 0 Å². The molecule has 2 rings (SSSR count). The molecule has 0 saturated heterocycles. The average molecular weight is 276 g/mol. The molecule has 1 N–H and O–H groups in total. The van der Waals surface area contributed by atoms with E-state index in [0.717, 1.165) is 0 Å². The smallest absolute Gasteiger partial charge is 0.339 e. The Balaban J connectivity index is 2.05. The fourth-order valence-electron chi connectivity index (χ4n) is 1.76. The Hall–Kier alpha value is -1.72. The Morgan fingerprint density at radius 2 is 2.32 bits per heavy atom. The first-order valence-electron chi connectivity index (χ1n) is 6.01. The molecule has 0 bridgehead atoms. The zero-order chi connectivity index (χ0) is 13.7. The normalized spacial score (nSPS) is 12.1. The van der Waals surface area contributed by atoms with Crippen LogP contribution in [0.2, 0.25) is 0 Å². The molecule has 0 radical (unpaired) electrons. The van der Waals surface area contributed by atoms with Crippen LogP contribution in [0.25, 0.3) is 0 Å². The van der Waals surface area contributed by atoms with Gasteiger partial charge < -0.3 is 10.1 Å². The lowest BCUT2D eigenvalue weighted by Crippen LogP contribution is -2.20. The number of nitrogens with zero attached hydrogens (tertiary/aromatic N) is 1. The summed E-state index contributed by atoms with van der Waals surface area (Å²) >= 11 is 1.71. The first kappa shape index (κ1) is 13.7. The summed E-state index contributed by atoms with van der Waals surface area (Å²) in [5.41, 5.74) is 1.22. The highest BCUT2D eigenvalue weighted by molar-refractivity contribution is 7.10. The standard InChI is InChI=1S/C14H16N2O2S/c1-10(13-6-4-8-19-13)16-9-12-11(14(17)18-2)5-3-7-15-12/h3-8,10,16H,9H2,1-2H3/t10-/m1/s1. The van der Waals surface area contributed by atoms with Gasteiger partial charge in [0.15, 0.2) is 0 Å². The molecule has 0 aromatic carbocycles. The lowest BCUT2D eigenvalue weighted by Gasteiger charge is -2.13. The third-order valence-electron chi connectivity index (χ3n) is 2.84. The Morgan fingerprint density at radius 1 is 1.47 bits per heavy atom. The average Bonchev–Trinajstić information content (AvgIpc) is 2.98. The number of carbonyl (C=O) groups excluding carboxylic acids is 1. The molecule has 2 heterocycles. The van der Waals surface area contributed by atoms with Gasteiger partial charge in [-0.1, -0.05) is 6.07 Å². The minimum absolute atomic E-state index is 0.229. The number of rotatable bonds is 5. The summed E-state index contributed by atoms with van der Waals surface area (Å²) in [6.07, 6.45) is 1.68. The van der Waals surface area contributed by atoms with Crippen molar-refractivity contribution < 1.29 is 9.53 Å². The molecule has 4 nitrogen and oxygen atoms in total. The monoisotopic (exact) mass is 276 g/mol. The van der Waals surface area contributed by atoms with Crippen LogP contribution in [0.15, 0.2) is 35.8 Å². The van der Waals surface area contributed by atoms with Crippen LogP contribution in [0.1, 0.15) is 33.9 Å². The molecule has 100 valence electrons. The number of thiophene rings is 1. The van der Waals surface area contributed by atoms with E-state index in [9.17, 15) is 4.79 Å². The van der Waals surface area contributed by atoms with Crippen molar-refractivity contribution in [2.45, 2.75) is 19.5 Å². The minimum atomic E-state index is -0.353. The van der Waals surface area contributed by atoms with Crippen LogP contribution in [-0.2, 0) is 11.3 Å². The van der Waals surface area contributed by atoms with E-state index < -0.39 is 0 Å². The SMILES string of the molecule is COC(=O)c1cccnc1CN[C@H](C)c1cccs1. The fourth-order valence-corrected chi connectivity index (χ4v) is 2.52. The fraction of sp³-hybridized carbons (Fsp3) is 0.286. The largest absolute Gasteiger partial charge is 0.465 e. The maximum Gasteiger partial charge on any atom is 0.339 e. The van der Waals surface area contributed by atoms with Crippen molar-refractivity contribution in [1.29, 1.82) is 0 Å². The van der Waals surface area contributed by atoms with Gasteiger partial charge in [0, 0.05) is 23.7 Å². The molecule has 0 spiro atoms. The van der Waals surface area contributed by atoms with Gasteiger partial charge in [-0.25, -0.2) is 4.79 Å². The van der Waals surface area contributed by atoms with Gasteiger partial charge in [0.25, 0.3) is 0 Å². The van der Waals surface area contributed by atoms with Crippen molar-refractivity contribution in [3.63, 3.8) is 0 Å². The second-order valence-electron chi connectivity index (χ2n) is 4.11. The molecule has 0 saturated carbocycles. The number of nitrogens with one attached hydrogen (secondary N) is 1. The molecular weight excluding hydrogens is 260 g/mol. The zero-order valence-corrected chi connectivity index (χ0v) is 11.7. The molecule has 0 aliphatic heterocycles. The van der Waals surface area contributed by atoms with Crippen molar-refractivity contribution in [3.05, 3.63) is 52.0 Å². The summed E-state index contributed by atoms with van der Waals surface area (Å²) in [4.78, 5) is 17.1. The van der Waals surface area contributed by atoms with E-state index in [1.807, 2.05) is 11.4 Å². The molecule has 2 aromatic rings. The lowest BCUT2D eigenvalue weighted by atomic mass is 10.2. The minimum Gasteiger partial charge on any atom is -0.465 e. The Kier molecular flexibility index (Phi) is 4.65. The first-order valence-corrected chi connectivity index (χ1v) is 6.89. The highest BCUT2D eigenvalue weighted by Crippen LogP contribution is 2.18. The summed E-state index contributed by atoms with van der Waals surface area (Å²) in [6, 6.07) is 7.80. The molecule has 0 amide bonds. The van der Waals surface area contributed by atoms with Gasteiger partial charge in [0.2, 0.25) is 0 Å². The highest BCUT2D eigenvalue weighted by atomic mass is 32.1. The number of hydrogen-bond acceptors (Lipinski definition) is 5. The van der Waals surface area contributed by atoms with E-state index in [1.165, 1.54) is 12.0 Å². The summed E-state index contributed by atoms with van der Waals surface area (Å²) in [5, 5.41) is 5.41. The Morgan fingerprint density at radius 3 is 3.00 bits per heavy atom. The maximum atomic E-state index is 11.6. The second-order valence-corrected chi connectivity index (χ2v) is 5.09. The highest BCUT2D eigenvalue weighted by Gasteiger charge is 2.13. The number of methoxy groups -OCH3 is 1. The van der Waals surface area contributed by atoms with Crippen molar-refractivity contribution in [3.8, 4) is 0 Å².